The van der Waals surface area contributed by atoms with E-state index in [9.17, 15) is 10.1 Å². The Kier molecular flexibility index (Phi) is 4.21. The fraction of sp³-hybridized carbons (Fsp3) is 0.105. The summed E-state index contributed by atoms with van der Waals surface area (Å²) in [7, 11) is 0. The SMILES string of the molecule is Cc1ccc(CNc2ncnc(-n3cnc4ccccc43)c2[N+](=O)[O-])cc1. The Balaban J connectivity index is 1.74. The number of fused-ring (bicyclic) bond motifs is 1. The maximum absolute atomic E-state index is 11.8. The summed E-state index contributed by atoms with van der Waals surface area (Å²) in [6.07, 6.45) is 2.85. The van der Waals surface area contributed by atoms with E-state index in [0.717, 1.165) is 22.2 Å². The van der Waals surface area contributed by atoms with Crippen molar-refractivity contribution in [2.45, 2.75) is 13.5 Å². The molecule has 0 saturated carbocycles. The summed E-state index contributed by atoms with van der Waals surface area (Å²) >= 11 is 0. The fourth-order valence-electron chi connectivity index (χ4n) is 2.86. The average molecular weight is 360 g/mol. The molecule has 2 aromatic heterocycles. The summed E-state index contributed by atoms with van der Waals surface area (Å²) in [6.45, 7) is 2.43. The number of hydrogen-bond donors (Lipinski definition) is 1. The molecule has 1 N–H and O–H groups in total. The monoisotopic (exact) mass is 360 g/mol. The third-order valence-corrected chi connectivity index (χ3v) is 4.25. The van der Waals surface area contributed by atoms with E-state index in [1.807, 2.05) is 55.5 Å². The third-order valence-electron chi connectivity index (χ3n) is 4.25. The maximum atomic E-state index is 11.8. The number of aromatic nitrogens is 4. The van der Waals surface area contributed by atoms with Gasteiger partial charge in [-0.05, 0) is 24.6 Å². The number of rotatable bonds is 5. The van der Waals surface area contributed by atoms with E-state index in [-0.39, 0.29) is 17.3 Å². The van der Waals surface area contributed by atoms with Crippen molar-refractivity contribution in [3.8, 4) is 5.82 Å². The highest BCUT2D eigenvalue weighted by Gasteiger charge is 2.25. The van der Waals surface area contributed by atoms with Crippen LogP contribution < -0.4 is 5.32 Å². The predicted octanol–water partition coefficient (Wildman–Crippen LogP) is 3.64. The second-order valence-electron chi connectivity index (χ2n) is 6.09. The van der Waals surface area contributed by atoms with E-state index >= 15 is 0 Å². The first kappa shape index (κ1) is 16.6. The molecule has 0 aliphatic carbocycles. The molecule has 134 valence electrons. The topological polar surface area (TPSA) is 98.8 Å². The van der Waals surface area contributed by atoms with Gasteiger partial charge in [0.25, 0.3) is 0 Å². The second kappa shape index (κ2) is 6.83. The van der Waals surface area contributed by atoms with E-state index in [4.69, 9.17) is 0 Å². The van der Waals surface area contributed by atoms with Gasteiger partial charge in [-0.1, -0.05) is 42.0 Å². The van der Waals surface area contributed by atoms with Gasteiger partial charge in [-0.3, -0.25) is 14.7 Å². The van der Waals surface area contributed by atoms with Gasteiger partial charge in [0.1, 0.15) is 12.7 Å². The minimum absolute atomic E-state index is 0.170. The summed E-state index contributed by atoms with van der Waals surface area (Å²) < 4.78 is 1.60. The lowest BCUT2D eigenvalue weighted by Crippen LogP contribution is -2.09. The van der Waals surface area contributed by atoms with Crippen molar-refractivity contribution in [1.29, 1.82) is 0 Å². The summed E-state index contributed by atoms with van der Waals surface area (Å²) in [5, 5.41) is 14.8. The second-order valence-corrected chi connectivity index (χ2v) is 6.09. The van der Waals surface area contributed by atoms with E-state index in [1.165, 1.54) is 12.7 Å². The van der Waals surface area contributed by atoms with Crippen molar-refractivity contribution >= 4 is 22.5 Å². The Hall–Kier alpha value is -3.81. The van der Waals surface area contributed by atoms with E-state index in [0.29, 0.717) is 6.54 Å². The summed E-state index contributed by atoms with van der Waals surface area (Å²) in [5.74, 6) is 0.346. The van der Waals surface area contributed by atoms with E-state index in [2.05, 4.69) is 20.3 Å². The van der Waals surface area contributed by atoms with E-state index < -0.39 is 4.92 Å². The average Bonchev–Trinajstić information content (AvgIpc) is 3.11. The number of nitrogens with one attached hydrogen (secondary N) is 1. The van der Waals surface area contributed by atoms with Gasteiger partial charge in [0, 0.05) is 6.54 Å². The molecule has 0 saturated heterocycles. The first-order valence-corrected chi connectivity index (χ1v) is 8.35. The smallest absolute Gasteiger partial charge is 0.354 e. The number of benzene rings is 2. The third kappa shape index (κ3) is 3.20. The van der Waals surface area contributed by atoms with Crippen LogP contribution >= 0.6 is 0 Å². The Labute approximate surface area is 154 Å². The lowest BCUT2D eigenvalue weighted by molar-refractivity contribution is -0.384. The highest BCUT2D eigenvalue weighted by atomic mass is 16.6. The summed E-state index contributed by atoms with van der Waals surface area (Å²) in [4.78, 5) is 23.8. The standard InChI is InChI=1S/C19H16N6O2/c1-13-6-8-14(9-7-13)10-20-18-17(25(26)27)19(22-11-21-18)24-12-23-15-4-2-3-5-16(15)24/h2-9,11-12H,10H2,1H3,(H,20,21,22). The molecule has 0 aliphatic rings. The number of hydrogen-bond acceptors (Lipinski definition) is 6. The Morgan fingerprint density at radius 3 is 2.63 bits per heavy atom. The lowest BCUT2D eigenvalue weighted by Gasteiger charge is -2.10. The molecule has 0 aliphatic heterocycles. The largest absolute Gasteiger partial charge is 0.360 e. The van der Waals surface area contributed by atoms with Crippen LogP contribution in [0.1, 0.15) is 11.1 Å². The number of anilines is 1. The summed E-state index contributed by atoms with van der Waals surface area (Å²) in [6, 6.07) is 15.3. The van der Waals surface area contributed by atoms with Crippen molar-refractivity contribution in [2.24, 2.45) is 0 Å². The number of imidazole rings is 1. The molecule has 2 heterocycles. The van der Waals surface area contributed by atoms with Gasteiger partial charge in [-0.25, -0.2) is 15.0 Å². The molecule has 0 radical (unpaired) electrons. The van der Waals surface area contributed by atoms with Gasteiger partial charge < -0.3 is 5.32 Å². The fourth-order valence-corrected chi connectivity index (χ4v) is 2.86. The highest BCUT2D eigenvalue weighted by Crippen LogP contribution is 2.30. The van der Waals surface area contributed by atoms with Gasteiger partial charge in [0.2, 0.25) is 11.6 Å². The van der Waals surface area contributed by atoms with Crippen molar-refractivity contribution in [3.05, 3.63) is 82.4 Å². The number of nitro groups is 1. The van der Waals surface area contributed by atoms with Crippen molar-refractivity contribution < 1.29 is 4.92 Å². The van der Waals surface area contributed by atoms with Crippen LogP contribution in [-0.2, 0) is 6.54 Å². The van der Waals surface area contributed by atoms with E-state index in [1.54, 1.807) is 4.57 Å². The molecule has 8 heteroatoms. The number of aryl methyl sites for hydroxylation is 1. The molecule has 0 unspecified atom stereocenters. The molecule has 0 spiro atoms. The molecular weight excluding hydrogens is 344 g/mol. The molecule has 0 fully saturated rings. The summed E-state index contributed by atoms with van der Waals surface area (Å²) in [5.41, 5.74) is 3.44. The maximum Gasteiger partial charge on any atom is 0.354 e. The van der Waals surface area contributed by atoms with Gasteiger partial charge in [0.05, 0.1) is 16.0 Å². The van der Waals surface area contributed by atoms with Crippen LogP contribution in [0.5, 0.6) is 0 Å². The van der Waals surface area contributed by atoms with Crippen LogP contribution in [0.15, 0.2) is 61.2 Å². The van der Waals surface area contributed by atoms with Crippen LogP contribution in [0.3, 0.4) is 0 Å². The highest BCUT2D eigenvalue weighted by molar-refractivity contribution is 5.79. The van der Waals surface area contributed by atoms with Crippen molar-refractivity contribution in [3.63, 3.8) is 0 Å². The molecule has 0 amide bonds. The molecule has 0 bridgehead atoms. The molecule has 4 aromatic rings. The first-order valence-electron chi connectivity index (χ1n) is 8.35. The molecule has 0 atom stereocenters. The quantitative estimate of drug-likeness (QED) is 0.431. The zero-order valence-electron chi connectivity index (χ0n) is 14.5. The van der Waals surface area contributed by atoms with Crippen LogP contribution in [0, 0.1) is 17.0 Å². The molecular formula is C19H16N6O2. The molecule has 27 heavy (non-hydrogen) atoms. The van der Waals surface area contributed by atoms with Crippen LogP contribution in [0.2, 0.25) is 0 Å². The van der Waals surface area contributed by atoms with Crippen molar-refractivity contribution in [1.82, 2.24) is 19.5 Å². The Morgan fingerprint density at radius 2 is 1.85 bits per heavy atom. The number of nitrogens with zero attached hydrogens (tertiary/aromatic N) is 5. The van der Waals surface area contributed by atoms with Gasteiger partial charge in [-0.15, -0.1) is 0 Å². The molecule has 4 rings (SSSR count). The van der Waals surface area contributed by atoms with Crippen LogP contribution in [-0.4, -0.2) is 24.4 Å². The van der Waals surface area contributed by atoms with Gasteiger partial charge in [0.15, 0.2) is 0 Å². The van der Waals surface area contributed by atoms with Crippen LogP contribution in [0.4, 0.5) is 11.5 Å². The van der Waals surface area contributed by atoms with Gasteiger partial charge >= 0.3 is 5.69 Å². The minimum Gasteiger partial charge on any atom is -0.360 e. The van der Waals surface area contributed by atoms with Gasteiger partial charge in [-0.2, -0.15) is 0 Å². The lowest BCUT2D eigenvalue weighted by atomic mass is 10.1. The Morgan fingerprint density at radius 1 is 1.07 bits per heavy atom. The molecule has 8 nitrogen and oxygen atoms in total. The van der Waals surface area contributed by atoms with Crippen molar-refractivity contribution in [2.75, 3.05) is 5.32 Å². The molecule has 2 aromatic carbocycles. The first-order chi connectivity index (χ1) is 13.1. The normalized spacial score (nSPS) is 10.9. The zero-order valence-corrected chi connectivity index (χ0v) is 14.5. The number of para-hydroxylation sites is 2. The zero-order chi connectivity index (χ0) is 18.8. The Bertz CT molecular complexity index is 1120. The minimum atomic E-state index is -0.471. The van der Waals surface area contributed by atoms with Crippen LogP contribution in [0.25, 0.3) is 16.9 Å². The predicted molar refractivity (Wildman–Crippen MR) is 102 cm³/mol.